The molecule has 168 valence electrons. The molecular weight excluding hydrogens is 502 g/mol. The van der Waals surface area contributed by atoms with Crippen LogP contribution in [0.4, 0.5) is 5.69 Å². The van der Waals surface area contributed by atoms with E-state index in [2.05, 4.69) is 31.3 Å². The second-order valence-electron chi connectivity index (χ2n) is 7.78. The number of hydrogen-bond acceptors (Lipinski definition) is 5. The van der Waals surface area contributed by atoms with Crippen LogP contribution in [-0.4, -0.2) is 31.6 Å². The van der Waals surface area contributed by atoms with E-state index in [0.29, 0.717) is 28.1 Å². The smallest absolute Gasteiger partial charge is 0.257 e. The summed E-state index contributed by atoms with van der Waals surface area (Å²) >= 11 is 8.59. The largest absolute Gasteiger partial charge is 0.492 e. The van der Waals surface area contributed by atoms with Crippen molar-refractivity contribution < 1.29 is 17.9 Å². The first kappa shape index (κ1) is 25.3. The Morgan fingerprint density at radius 2 is 1.77 bits per heavy atom. The molecule has 0 heterocycles. The fraction of sp³-hybridized carbons (Fsp3) is 0.333. The fourth-order valence-corrected chi connectivity index (χ4v) is 4.61. The predicted molar refractivity (Wildman–Crippen MR) is 130 cm³/mol. The number of halogens is 1. The Balaban J connectivity index is 1.99. The summed E-state index contributed by atoms with van der Waals surface area (Å²) < 4.78 is 33.6. The molecular formula is C21H26BrN3O4S2. The standard InChI is InChI=1S/C21H26BrN3O4S2/c1-5-12-29-18-11-6-14(13-17(18)22)19(26)24-20(30)23-15-7-9-16(10-8-15)31(27,28)25-21(2,3)4/h6-11,13,25H,5,12H2,1-4H3,(H2,23,24,26,30). The highest BCUT2D eigenvalue weighted by atomic mass is 79.9. The molecule has 0 radical (unpaired) electrons. The van der Waals surface area contributed by atoms with E-state index in [1.807, 2.05) is 6.92 Å². The maximum Gasteiger partial charge on any atom is 0.257 e. The predicted octanol–water partition coefficient (Wildman–Crippen LogP) is 4.44. The van der Waals surface area contributed by atoms with Crippen molar-refractivity contribution in [1.82, 2.24) is 10.0 Å². The highest BCUT2D eigenvalue weighted by Crippen LogP contribution is 2.26. The van der Waals surface area contributed by atoms with Gasteiger partial charge in [0.25, 0.3) is 5.91 Å². The highest BCUT2D eigenvalue weighted by molar-refractivity contribution is 9.10. The van der Waals surface area contributed by atoms with Gasteiger partial charge in [-0.3, -0.25) is 10.1 Å². The Kier molecular flexibility index (Phi) is 8.58. The molecule has 0 saturated carbocycles. The van der Waals surface area contributed by atoms with Crippen LogP contribution < -0.4 is 20.1 Å². The summed E-state index contributed by atoms with van der Waals surface area (Å²) in [5.74, 6) is 0.281. The Hall–Kier alpha value is -2.01. The summed E-state index contributed by atoms with van der Waals surface area (Å²) in [4.78, 5) is 12.6. The maximum absolute atomic E-state index is 12.5. The first-order chi connectivity index (χ1) is 14.4. The zero-order valence-corrected chi connectivity index (χ0v) is 21.0. The summed E-state index contributed by atoms with van der Waals surface area (Å²) in [6.45, 7) is 7.91. The van der Waals surface area contributed by atoms with Crippen LogP contribution in [0.15, 0.2) is 51.8 Å². The lowest BCUT2D eigenvalue weighted by Crippen LogP contribution is -2.40. The number of carbonyl (C=O) groups excluding carboxylic acids is 1. The third-order valence-electron chi connectivity index (χ3n) is 3.75. The molecule has 0 unspecified atom stereocenters. The summed E-state index contributed by atoms with van der Waals surface area (Å²) in [7, 11) is -3.63. The van der Waals surface area contributed by atoms with E-state index in [4.69, 9.17) is 17.0 Å². The normalized spacial score (nSPS) is 11.6. The van der Waals surface area contributed by atoms with E-state index in [1.54, 1.807) is 51.1 Å². The number of amides is 1. The molecule has 0 fully saturated rings. The molecule has 2 rings (SSSR count). The van der Waals surface area contributed by atoms with E-state index < -0.39 is 15.6 Å². The molecule has 0 bridgehead atoms. The third-order valence-corrected chi connectivity index (χ3v) is 6.34. The minimum atomic E-state index is -3.63. The lowest BCUT2D eigenvalue weighted by atomic mass is 10.1. The number of hydrogen-bond donors (Lipinski definition) is 3. The average Bonchev–Trinajstić information content (AvgIpc) is 2.65. The molecule has 0 saturated heterocycles. The molecule has 0 aromatic heterocycles. The van der Waals surface area contributed by atoms with Gasteiger partial charge in [-0.2, -0.15) is 0 Å². The second-order valence-corrected chi connectivity index (χ2v) is 10.7. The van der Waals surface area contributed by atoms with Crippen molar-refractivity contribution in [2.45, 2.75) is 44.6 Å². The molecule has 0 aliphatic carbocycles. The summed E-state index contributed by atoms with van der Waals surface area (Å²) in [6.07, 6.45) is 0.884. The van der Waals surface area contributed by atoms with Gasteiger partial charge in [0.1, 0.15) is 5.75 Å². The number of rotatable bonds is 7. The van der Waals surface area contributed by atoms with Crippen molar-refractivity contribution in [1.29, 1.82) is 0 Å². The molecule has 1 amide bonds. The monoisotopic (exact) mass is 527 g/mol. The molecule has 0 aliphatic heterocycles. The number of carbonyl (C=O) groups is 1. The zero-order valence-electron chi connectivity index (χ0n) is 17.8. The Morgan fingerprint density at radius 3 is 2.32 bits per heavy atom. The molecule has 0 aliphatic rings. The summed E-state index contributed by atoms with van der Waals surface area (Å²) in [6, 6.07) is 11.1. The first-order valence-electron chi connectivity index (χ1n) is 9.60. The molecule has 0 atom stereocenters. The van der Waals surface area contributed by atoms with Gasteiger partial charge in [0.2, 0.25) is 10.0 Å². The Morgan fingerprint density at radius 1 is 1.13 bits per heavy atom. The van der Waals surface area contributed by atoms with Crippen LogP contribution in [0.3, 0.4) is 0 Å². The average molecular weight is 528 g/mol. The minimum absolute atomic E-state index is 0.0934. The van der Waals surface area contributed by atoms with Crippen LogP contribution in [0.1, 0.15) is 44.5 Å². The first-order valence-corrected chi connectivity index (χ1v) is 12.3. The van der Waals surface area contributed by atoms with Crippen LogP contribution in [0.25, 0.3) is 0 Å². The van der Waals surface area contributed by atoms with Crippen molar-refractivity contribution in [3.63, 3.8) is 0 Å². The molecule has 3 N–H and O–H groups in total. The maximum atomic E-state index is 12.5. The Bertz CT molecular complexity index is 1050. The molecule has 0 spiro atoms. The number of thiocarbonyl (C=S) groups is 1. The lowest BCUT2D eigenvalue weighted by molar-refractivity contribution is 0.0977. The van der Waals surface area contributed by atoms with Gasteiger partial charge < -0.3 is 10.1 Å². The van der Waals surface area contributed by atoms with E-state index >= 15 is 0 Å². The van der Waals surface area contributed by atoms with Gasteiger partial charge in [0.15, 0.2) is 5.11 Å². The number of benzene rings is 2. The number of anilines is 1. The van der Waals surface area contributed by atoms with Gasteiger partial charge in [-0.1, -0.05) is 6.92 Å². The van der Waals surface area contributed by atoms with Crippen LogP contribution in [0, 0.1) is 0 Å². The minimum Gasteiger partial charge on any atom is -0.492 e. The van der Waals surface area contributed by atoms with Crippen LogP contribution in [0.5, 0.6) is 5.75 Å². The molecule has 31 heavy (non-hydrogen) atoms. The van der Waals surface area contributed by atoms with Gasteiger partial charge >= 0.3 is 0 Å². The summed E-state index contributed by atoms with van der Waals surface area (Å²) in [5.41, 5.74) is 0.371. The van der Waals surface area contributed by atoms with Gasteiger partial charge in [-0.05, 0) is 97.8 Å². The van der Waals surface area contributed by atoms with Crippen molar-refractivity contribution in [2.24, 2.45) is 0 Å². The van der Waals surface area contributed by atoms with Crippen molar-refractivity contribution >= 4 is 54.9 Å². The van der Waals surface area contributed by atoms with E-state index in [0.717, 1.165) is 6.42 Å². The third kappa shape index (κ3) is 7.88. The molecule has 7 nitrogen and oxygen atoms in total. The lowest BCUT2D eigenvalue weighted by Gasteiger charge is -2.20. The Labute approximate surface area is 197 Å². The van der Waals surface area contributed by atoms with Gasteiger partial charge in [-0.25, -0.2) is 13.1 Å². The molecule has 2 aromatic carbocycles. The van der Waals surface area contributed by atoms with Gasteiger partial charge in [0, 0.05) is 16.8 Å². The van der Waals surface area contributed by atoms with Crippen LogP contribution in [-0.2, 0) is 10.0 Å². The van der Waals surface area contributed by atoms with Gasteiger partial charge in [0.05, 0.1) is 16.0 Å². The zero-order chi connectivity index (χ0) is 23.2. The summed E-state index contributed by atoms with van der Waals surface area (Å²) in [5, 5.41) is 5.56. The van der Waals surface area contributed by atoms with Crippen LogP contribution >= 0.6 is 28.1 Å². The topological polar surface area (TPSA) is 96.5 Å². The highest BCUT2D eigenvalue weighted by Gasteiger charge is 2.21. The molecule has 2 aromatic rings. The van der Waals surface area contributed by atoms with E-state index in [-0.39, 0.29) is 15.9 Å². The van der Waals surface area contributed by atoms with E-state index in [1.165, 1.54) is 12.1 Å². The van der Waals surface area contributed by atoms with Crippen LogP contribution in [0.2, 0.25) is 0 Å². The number of nitrogens with one attached hydrogen (secondary N) is 3. The number of ether oxygens (including phenoxy) is 1. The quantitative estimate of drug-likeness (QED) is 0.460. The second kappa shape index (κ2) is 10.5. The fourth-order valence-electron chi connectivity index (χ4n) is 2.49. The number of sulfonamides is 1. The van der Waals surface area contributed by atoms with Crippen molar-refractivity contribution in [2.75, 3.05) is 11.9 Å². The molecule has 10 heteroatoms. The SMILES string of the molecule is CCCOc1ccc(C(=O)NC(=S)Nc2ccc(S(=O)(=O)NC(C)(C)C)cc2)cc1Br. The van der Waals surface area contributed by atoms with E-state index in [9.17, 15) is 13.2 Å². The van der Waals surface area contributed by atoms with Crippen molar-refractivity contribution in [3.8, 4) is 5.75 Å². The van der Waals surface area contributed by atoms with Crippen molar-refractivity contribution in [3.05, 3.63) is 52.5 Å². The van der Waals surface area contributed by atoms with Gasteiger partial charge in [-0.15, -0.1) is 0 Å².